The van der Waals surface area contributed by atoms with Crippen molar-refractivity contribution in [2.75, 3.05) is 5.73 Å². The molecule has 3 aromatic rings. The van der Waals surface area contributed by atoms with Gasteiger partial charge < -0.3 is 19.8 Å². The molecule has 0 aliphatic carbocycles. The van der Waals surface area contributed by atoms with Crippen LogP contribution in [-0.2, 0) is 17.9 Å². The second-order valence-corrected chi connectivity index (χ2v) is 7.98. The number of alkyl halides is 3. The van der Waals surface area contributed by atoms with Gasteiger partial charge in [0.15, 0.2) is 11.5 Å². The minimum atomic E-state index is -5.37. The predicted octanol–water partition coefficient (Wildman–Crippen LogP) is 3.97. The maximum atomic E-state index is 14.0. The summed E-state index contributed by atoms with van der Waals surface area (Å²) in [7, 11) is 0. The van der Waals surface area contributed by atoms with Crippen molar-refractivity contribution in [3.8, 4) is 11.5 Å². The minimum Gasteiger partial charge on any atom is -0.483 e. The van der Waals surface area contributed by atoms with Crippen molar-refractivity contribution in [2.24, 2.45) is 0 Å². The lowest BCUT2D eigenvalue weighted by Crippen LogP contribution is -2.31. The molecule has 0 aliphatic heterocycles. The van der Waals surface area contributed by atoms with Gasteiger partial charge in [-0.05, 0) is 41.9 Å². The van der Waals surface area contributed by atoms with Crippen LogP contribution in [-0.4, -0.2) is 26.7 Å². The van der Waals surface area contributed by atoms with Crippen LogP contribution in [0.3, 0.4) is 0 Å². The molecule has 0 amide bonds. The fourth-order valence-corrected chi connectivity index (χ4v) is 3.45. The number of ether oxygens (including phenoxy) is 2. The largest absolute Gasteiger partial charge is 0.491 e. The molecule has 0 aliphatic rings. The number of rotatable bonds is 6. The smallest absolute Gasteiger partial charge is 0.483 e. The second-order valence-electron chi connectivity index (χ2n) is 7.19. The van der Waals surface area contributed by atoms with Gasteiger partial charge in [0.1, 0.15) is 34.4 Å². The van der Waals surface area contributed by atoms with Crippen LogP contribution in [0.5, 0.6) is 11.5 Å². The van der Waals surface area contributed by atoms with Crippen LogP contribution in [0, 0.1) is 25.5 Å². The Balaban J connectivity index is 2.10. The van der Waals surface area contributed by atoms with Gasteiger partial charge in [0.2, 0.25) is 0 Å². The highest BCUT2D eigenvalue weighted by Gasteiger charge is 2.42. The lowest BCUT2D eigenvalue weighted by molar-refractivity contribution is -0.189. The first kappa shape index (κ1) is 26.1. The maximum absolute atomic E-state index is 14.0. The zero-order valence-electron chi connectivity index (χ0n) is 18.0. The Hall–Kier alpha value is -3.55. The number of halogens is 6. The SMILES string of the molecule is Cc1ncc(Cn2c(C)c(OC(=O)C(F)(F)F)c(OCc3ccc(F)cc3F)c(Br)c2=O)c(N)n1. The van der Waals surface area contributed by atoms with E-state index in [4.69, 9.17) is 10.5 Å². The van der Waals surface area contributed by atoms with Gasteiger partial charge in [-0.1, -0.05) is 0 Å². The van der Waals surface area contributed by atoms with Crippen molar-refractivity contribution >= 4 is 27.7 Å². The van der Waals surface area contributed by atoms with Gasteiger partial charge in [-0.3, -0.25) is 4.79 Å². The van der Waals surface area contributed by atoms with Gasteiger partial charge in [0, 0.05) is 23.4 Å². The average Bonchev–Trinajstić information content (AvgIpc) is 2.76. The summed E-state index contributed by atoms with van der Waals surface area (Å²) in [5.74, 6) is -5.37. The Kier molecular flexibility index (Phi) is 7.43. The number of carbonyl (C=O) groups is 1. The van der Waals surface area contributed by atoms with Crippen LogP contribution in [0.15, 0.2) is 33.7 Å². The monoisotopic (exact) mass is 562 g/mol. The van der Waals surface area contributed by atoms with Crippen molar-refractivity contribution in [3.63, 3.8) is 0 Å². The van der Waals surface area contributed by atoms with Gasteiger partial charge in [-0.25, -0.2) is 23.5 Å². The number of esters is 1. The summed E-state index contributed by atoms with van der Waals surface area (Å²) in [4.78, 5) is 32.6. The van der Waals surface area contributed by atoms with E-state index in [0.29, 0.717) is 11.9 Å². The number of nitrogens with two attached hydrogens (primary N) is 1. The second kappa shape index (κ2) is 9.98. The molecule has 0 unspecified atom stereocenters. The number of hydrogen-bond acceptors (Lipinski definition) is 7. The minimum absolute atomic E-state index is 0.0286. The standard InChI is InChI=1S/C21H16BrF5N4O4/c1-9-16(35-20(33)21(25,26)27)17(34-8-11-3-4-13(23)5-14(11)24)15(22)19(32)31(9)7-12-6-29-10(2)30-18(12)28/h3-6H,7-8H2,1-2H3,(H2,28,29,30). The third-order valence-corrected chi connectivity index (χ3v) is 5.43. The first-order chi connectivity index (χ1) is 16.3. The molecular formula is C21H16BrF5N4O4. The number of pyridine rings is 1. The van der Waals surface area contributed by atoms with Crippen LogP contribution < -0.4 is 20.8 Å². The summed E-state index contributed by atoms with van der Waals surface area (Å²) >= 11 is 2.96. The van der Waals surface area contributed by atoms with E-state index in [1.165, 1.54) is 13.1 Å². The van der Waals surface area contributed by atoms with E-state index in [1.807, 2.05) is 0 Å². The summed E-state index contributed by atoms with van der Waals surface area (Å²) in [5.41, 5.74) is 4.93. The molecule has 35 heavy (non-hydrogen) atoms. The Morgan fingerprint density at radius 3 is 2.46 bits per heavy atom. The highest BCUT2D eigenvalue weighted by atomic mass is 79.9. The number of aromatic nitrogens is 3. The number of aryl methyl sites for hydroxylation is 1. The third-order valence-electron chi connectivity index (χ3n) is 4.73. The number of hydrogen-bond donors (Lipinski definition) is 1. The Labute approximate surface area is 202 Å². The molecule has 0 saturated heterocycles. The molecule has 1 aromatic carbocycles. The summed E-state index contributed by atoms with van der Waals surface area (Å²) in [6, 6.07) is 2.57. The van der Waals surface area contributed by atoms with Crippen LogP contribution in [0.4, 0.5) is 27.8 Å². The van der Waals surface area contributed by atoms with E-state index in [-0.39, 0.29) is 29.2 Å². The highest BCUT2D eigenvalue weighted by molar-refractivity contribution is 9.10. The lowest BCUT2D eigenvalue weighted by atomic mass is 10.2. The van der Waals surface area contributed by atoms with Crippen LogP contribution >= 0.6 is 15.9 Å². The number of anilines is 1. The molecule has 2 N–H and O–H groups in total. The number of carbonyl (C=O) groups excluding carboxylic acids is 1. The molecule has 3 rings (SSSR count). The fraction of sp³-hybridized carbons (Fsp3) is 0.238. The molecule has 0 bridgehead atoms. The fourth-order valence-electron chi connectivity index (χ4n) is 2.94. The summed E-state index contributed by atoms with van der Waals surface area (Å²) < 4.78 is 76.5. The lowest BCUT2D eigenvalue weighted by Gasteiger charge is -2.20. The van der Waals surface area contributed by atoms with Gasteiger partial charge in [-0.2, -0.15) is 13.2 Å². The van der Waals surface area contributed by atoms with Crippen LogP contribution in [0.1, 0.15) is 22.6 Å². The van der Waals surface area contributed by atoms with Gasteiger partial charge in [0.05, 0.1) is 12.2 Å². The molecular weight excluding hydrogens is 547 g/mol. The van der Waals surface area contributed by atoms with E-state index in [9.17, 15) is 31.5 Å². The van der Waals surface area contributed by atoms with E-state index < -0.39 is 51.9 Å². The van der Waals surface area contributed by atoms with Crippen molar-refractivity contribution < 1.29 is 36.2 Å². The summed E-state index contributed by atoms with van der Waals surface area (Å²) in [5, 5.41) is 0. The first-order valence-electron chi connectivity index (χ1n) is 9.66. The van der Waals surface area contributed by atoms with Crippen LogP contribution in [0.2, 0.25) is 0 Å². The summed E-state index contributed by atoms with van der Waals surface area (Å²) in [6.45, 7) is 1.89. The molecule has 2 heterocycles. The van der Waals surface area contributed by atoms with E-state index in [1.54, 1.807) is 6.92 Å². The molecule has 8 nitrogen and oxygen atoms in total. The quantitative estimate of drug-likeness (QED) is 0.357. The third kappa shape index (κ3) is 5.75. The number of benzene rings is 1. The van der Waals surface area contributed by atoms with E-state index >= 15 is 0 Å². The normalized spacial score (nSPS) is 11.4. The van der Waals surface area contributed by atoms with E-state index in [0.717, 1.165) is 16.7 Å². The molecule has 0 atom stereocenters. The van der Waals surface area contributed by atoms with Gasteiger partial charge in [0.25, 0.3) is 5.56 Å². The van der Waals surface area contributed by atoms with Gasteiger partial charge >= 0.3 is 12.1 Å². The first-order valence-corrected chi connectivity index (χ1v) is 10.5. The summed E-state index contributed by atoms with van der Waals surface area (Å²) in [6.07, 6.45) is -4.03. The highest BCUT2D eigenvalue weighted by Crippen LogP contribution is 2.38. The molecule has 0 radical (unpaired) electrons. The van der Waals surface area contributed by atoms with Gasteiger partial charge in [-0.15, -0.1) is 0 Å². The number of nitrogen functional groups attached to an aromatic ring is 1. The zero-order chi connectivity index (χ0) is 26.1. The molecule has 2 aromatic heterocycles. The number of nitrogens with zero attached hydrogens (tertiary/aromatic N) is 3. The molecule has 186 valence electrons. The Morgan fingerprint density at radius 2 is 1.86 bits per heavy atom. The Bertz CT molecular complexity index is 1360. The van der Waals surface area contributed by atoms with Crippen LogP contribution in [0.25, 0.3) is 0 Å². The zero-order valence-corrected chi connectivity index (χ0v) is 19.6. The molecule has 0 fully saturated rings. The van der Waals surface area contributed by atoms with E-state index in [2.05, 4.69) is 30.6 Å². The predicted molar refractivity (Wildman–Crippen MR) is 116 cm³/mol. The topological polar surface area (TPSA) is 109 Å². The molecule has 0 saturated carbocycles. The van der Waals surface area contributed by atoms with Crippen molar-refractivity contribution in [3.05, 3.63) is 73.5 Å². The molecule has 0 spiro atoms. The Morgan fingerprint density at radius 1 is 1.17 bits per heavy atom. The van der Waals surface area contributed by atoms with Crippen molar-refractivity contribution in [1.29, 1.82) is 0 Å². The van der Waals surface area contributed by atoms with Crippen molar-refractivity contribution in [2.45, 2.75) is 33.2 Å². The van der Waals surface area contributed by atoms with Crippen molar-refractivity contribution in [1.82, 2.24) is 14.5 Å². The maximum Gasteiger partial charge on any atom is 0.491 e. The average molecular weight is 563 g/mol. The molecule has 14 heteroatoms.